The molecular formula is C44H57NO7. The summed E-state index contributed by atoms with van der Waals surface area (Å²) in [5.74, 6) is 5.43. The summed E-state index contributed by atoms with van der Waals surface area (Å²) in [4.78, 5) is 27.1. The first-order valence-electron chi connectivity index (χ1n) is 20.3. The number of carbonyl (C=O) groups is 2. The molecule has 0 radical (unpaired) electrons. The minimum Gasteiger partial charge on any atom is -0.454 e. The molecule has 5 N–H and O–H groups in total. The summed E-state index contributed by atoms with van der Waals surface area (Å²) in [5, 5.41) is 56.0. The maximum Gasteiger partial charge on any atom is 0.331 e. The van der Waals surface area contributed by atoms with Gasteiger partial charge in [-0.2, -0.15) is 0 Å². The number of nitrogens with one attached hydrogen (secondary N) is 1. The third-order valence-electron chi connectivity index (χ3n) is 17.1. The molecule has 8 heteroatoms. The molecule has 8 aliphatic carbocycles. The molecule has 1 aromatic rings. The zero-order chi connectivity index (χ0) is 36.4. The Labute approximate surface area is 308 Å². The van der Waals surface area contributed by atoms with Gasteiger partial charge in [-0.05, 0) is 131 Å². The summed E-state index contributed by atoms with van der Waals surface area (Å²) < 4.78 is 6.20. The van der Waals surface area contributed by atoms with E-state index in [9.17, 15) is 30.0 Å². The van der Waals surface area contributed by atoms with Crippen LogP contribution in [-0.2, 0) is 20.7 Å². The topological polar surface area (TPSA) is 136 Å². The van der Waals surface area contributed by atoms with E-state index in [1.54, 1.807) is 6.08 Å². The Kier molecular flexibility index (Phi) is 8.10. The third kappa shape index (κ3) is 4.35. The van der Waals surface area contributed by atoms with Gasteiger partial charge in [0.1, 0.15) is 18.0 Å². The monoisotopic (exact) mass is 711 g/mol. The van der Waals surface area contributed by atoms with E-state index in [0.29, 0.717) is 63.7 Å². The van der Waals surface area contributed by atoms with E-state index in [0.717, 1.165) is 42.2 Å². The second-order valence-corrected chi connectivity index (χ2v) is 18.8. The number of aliphatic hydroxyl groups excluding tert-OH is 1. The van der Waals surface area contributed by atoms with Crippen molar-refractivity contribution >= 4 is 12.3 Å². The van der Waals surface area contributed by atoms with Crippen molar-refractivity contribution in [1.82, 2.24) is 5.32 Å². The average molecular weight is 712 g/mol. The van der Waals surface area contributed by atoms with Gasteiger partial charge in [0.25, 0.3) is 0 Å². The van der Waals surface area contributed by atoms with Gasteiger partial charge in [0.2, 0.25) is 0 Å². The van der Waals surface area contributed by atoms with Gasteiger partial charge in [0, 0.05) is 47.3 Å². The molecule has 8 nitrogen and oxygen atoms in total. The van der Waals surface area contributed by atoms with Crippen LogP contribution >= 0.6 is 0 Å². The van der Waals surface area contributed by atoms with Crippen LogP contribution in [0.25, 0.3) is 0 Å². The number of aldehydes is 1. The van der Waals surface area contributed by atoms with Gasteiger partial charge >= 0.3 is 5.97 Å². The first-order valence-corrected chi connectivity index (χ1v) is 20.3. The first kappa shape index (κ1) is 35.2. The molecule has 15 atom stereocenters. The summed E-state index contributed by atoms with van der Waals surface area (Å²) in [7, 11) is 1.97. The normalized spacial score (nSPS) is 50.2. The number of fused-ring (bicyclic) bond motifs is 6. The van der Waals surface area contributed by atoms with Crippen molar-refractivity contribution in [2.75, 3.05) is 7.05 Å². The van der Waals surface area contributed by atoms with Crippen LogP contribution < -0.4 is 5.32 Å². The highest BCUT2D eigenvalue weighted by atomic mass is 16.5. The van der Waals surface area contributed by atoms with Crippen molar-refractivity contribution in [3.8, 4) is 11.8 Å². The van der Waals surface area contributed by atoms with Gasteiger partial charge in [-0.3, -0.25) is 0 Å². The number of ether oxygens (including phenoxy) is 1. The highest BCUT2D eigenvalue weighted by Crippen LogP contribution is 2.77. The van der Waals surface area contributed by atoms with Crippen LogP contribution in [0, 0.1) is 70.0 Å². The minimum atomic E-state index is -1.66. The van der Waals surface area contributed by atoms with Crippen LogP contribution in [0.3, 0.4) is 0 Å². The second-order valence-electron chi connectivity index (χ2n) is 18.8. The lowest BCUT2D eigenvalue weighted by Crippen LogP contribution is -2.80. The number of hydrogen-bond donors (Lipinski definition) is 5. The molecule has 1 aromatic carbocycles. The predicted octanol–water partition coefficient (Wildman–Crippen LogP) is 4.49. The van der Waals surface area contributed by atoms with E-state index < -0.39 is 57.6 Å². The fourth-order valence-electron chi connectivity index (χ4n) is 15.0. The van der Waals surface area contributed by atoms with Crippen molar-refractivity contribution in [3.05, 3.63) is 47.0 Å². The molecule has 0 aromatic heterocycles. The van der Waals surface area contributed by atoms with Crippen LogP contribution in [0.4, 0.5) is 0 Å². The van der Waals surface area contributed by atoms with Gasteiger partial charge in [-0.15, -0.1) is 0 Å². The van der Waals surface area contributed by atoms with E-state index in [-0.39, 0.29) is 42.1 Å². The van der Waals surface area contributed by atoms with Gasteiger partial charge in [0.15, 0.2) is 0 Å². The average Bonchev–Trinajstić information content (AvgIpc) is 3.57. The zero-order valence-corrected chi connectivity index (χ0v) is 31.0. The van der Waals surface area contributed by atoms with Gasteiger partial charge in [0.05, 0.1) is 22.7 Å². The molecule has 10 rings (SSSR count). The standard InChI is InChI=1S/C44H57NO7/c1-25(2)27-11-12-33-35(47)13-16-41(24-46)36-14-17-40-15-7-6-9-26-8-4-5-10-28(26)20-34(45-3)31-19-29(38(40)32-21-37(48)52-39(31)32)22-43(40,50)42(36,49)23-30(18-27)44(33,41)51/h4-5,8,10,21,24-25,27,29-31,33-36,38-39,45,47,49-51H,7,11-20,22-23H2,1-3H3/t27-,29+,30-,31-,33+,34-,35+,36-,38-,39+,40-,41+,42+,43-,44+/m1/s1. The maximum absolute atomic E-state index is 13.9. The van der Waals surface area contributed by atoms with Crippen molar-refractivity contribution in [3.63, 3.8) is 0 Å². The van der Waals surface area contributed by atoms with Crippen molar-refractivity contribution in [1.29, 1.82) is 0 Å². The minimum absolute atomic E-state index is 0.0129. The molecular weight excluding hydrogens is 654 g/mol. The molecule has 1 spiro atoms. The van der Waals surface area contributed by atoms with Crippen molar-refractivity contribution < 1.29 is 34.8 Å². The largest absolute Gasteiger partial charge is 0.454 e. The molecule has 0 unspecified atom stereocenters. The number of rotatable bonds is 3. The molecule has 1 heterocycles. The summed E-state index contributed by atoms with van der Waals surface area (Å²) in [6.07, 6.45) is 8.44. The first-order chi connectivity index (χ1) is 24.9. The zero-order valence-electron chi connectivity index (χ0n) is 31.0. The number of likely N-dealkylation sites (N-methyl/N-ethyl adjacent to an activating group) is 1. The summed E-state index contributed by atoms with van der Waals surface area (Å²) >= 11 is 0. The molecule has 1 aliphatic heterocycles. The van der Waals surface area contributed by atoms with Crippen molar-refractivity contribution in [2.45, 2.75) is 132 Å². The molecule has 0 saturated heterocycles. The highest BCUT2D eigenvalue weighted by Gasteiger charge is 2.82. The second kappa shape index (κ2) is 12.0. The lowest BCUT2D eigenvalue weighted by Gasteiger charge is -2.72. The third-order valence-corrected chi connectivity index (χ3v) is 17.1. The number of benzene rings is 1. The summed E-state index contributed by atoms with van der Waals surface area (Å²) in [5.41, 5.74) is -3.70. The van der Waals surface area contributed by atoms with E-state index in [1.807, 2.05) is 19.2 Å². The van der Waals surface area contributed by atoms with Crippen LogP contribution in [0.1, 0.15) is 102 Å². The van der Waals surface area contributed by atoms with Gasteiger partial charge < -0.3 is 35.3 Å². The molecule has 4 bridgehead atoms. The Balaban J connectivity index is 1.22. The number of aliphatic hydroxyl groups is 4. The van der Waals surface area contributed by atoms with E-state index >= 15 is 0 Å². The Bertz CT molecular complexity index is 1750. The maximum atomic E-state index is 13.9. The highest BCUT2D eigenvalue weighted by molar-refractivity contribution is 5.86. The molecule has 6 saturated carbocycles. The SMILES string of the molecule is CN[C@@H]1Cc2ccccc2C#CCC[C@]23CC[C@H]4[C@@](O)(C[C@H]5C[C@H](C(C)C)CC[C@H]6[C@@H](O)CC[C@@]4(C=O)[C@]56O)[C@@]2(O)C[C@@H]2C[C@H]1[C@@H]1OC(=O)C=C1[C@@H]23. The lowest BCUT2D eigenvalue weighted by molar-refractivity contribution is -0.343. The molecule has 280 valence electrons. The van der Waals surface area contributed by atoms with Crippen LogP contribution in [-0.4, -0.2) is 74.8 Å². The van der Waals surface area contributed by atoms with E-state index in [4.69, 9.17) is 4.74 Å². The smallest absolute Gasteiger partial charge is 0.331 e. The van der Waals surface area contributed by atoms with E-state index in [1.165, 1.54) is 0 Å². The summed E-state index contributed by atoms with van der Waals surface area (Å²) in [6, 6.07) is 8.25. The number of esters is 1. The van der Waals surface area contributed by atoms with Gasteiger partial charge in [-0.25, -0.2) is 4.79 Å². The van der Waals surface area contributed by atoms with Crippen molar-refractivity contribution in [2.24, 2.45) is 58.2 Å². The summed E-state index contributed by atoms with van der Waals surface area (Å²) in [6.45, 7) is 4.40. The number of carbonyl (C=O) groups excluding carboxylic acids is 2. The Morgan fingerprint density at radius 2 is 1.83 bits per heavy atom. The molecule has 52 heavy (non-hydrogen) atoms. The molecule has 6 fully saturated rings. The fourth-order valence-corrected chi connectivity index (χ4v) is 15.0. The van der Waals surface area contributed by atoms with Crippen LogP contribution in [0.2, 0.25) is 0 Å². The lowest BCUT2D eigenvalue weighted by atomic mass is 9.36. The predicted molar refractivity (Wildman–Crippen MR) is 194 cm³/mol. The Morgan fingerprint density at radius 3 is 2.60 bits per heavy atom. The fraction of sp³-hybridized carbons (Fsp3) is 0.727. The molecule has 0 amide bonds. The Morgan fingerprint density at radius 1 is 1.02 bits per heavy atom. The van der Waals surface area contributed by atoms with Crippen LogP contribution in [0.15, 0.2) is 35.9 Å². The number of hydrogen-bond acceptors (Lipinski definition) is 8. The van der Waals surface area contributed by atoms with Crippen LogP contribution in [0.5, 0.6) is 0 Å². The van der Waals surface area contributed by atoms with Gasteiger partial charge in [-0.1, -0.05) is 43.9 Å². The quantitative estimate of drug-likeness (QED) is 0.176. The molecule has 9 aliphatic rings. The van der Waals surface area contributed by atoms with E-state index in [2.05, 4.69) is 43.1 Å². The Hall–Kier alpha value is -2.54.